The van der Waals surface area contributed by atoms with E-state index in [0.29, 0.717) is 18.2 Å². The van der Waals surface area contributed by atoms with Crippen LogP contribution >= 0.6 is 11.6 Å². The van der Waals surface area contributed by atoms with Gasteiger partial charge >= 0.3 is 0 Å². The molecule has 1 aliphatic heterocycles. The SMILES string of the molecule is CCC1(C)CNC(C)CN1Cc1cccc(Cl)c1F. The first kappa shape index (κ1) is 14.8. The molecule has 0 amide bonds. The predicted octanol–water partition coefficient (Wildman–Crippen LogP) is 3.44. The smallest absolute Gasteiger partial charge is 0.146 e. The standard InChI is InChI=1S/C15H22ClFN2/c1-4-15(3)10-18-11(2)8-19(15)9-12-6-5-7-13(16)14(12)17/h5-7,11,18H,4,8-10H2,1-3H3. The van der Waals surface area contributed by atoms with Crippen molar-refractivity contribution in [3.05, 3.63) is 34.6 Å². The summed E-state index contributed by atoms with van der Waals surface area (Å²) in [7, 11) is 0. The van der Waals surface area contributed by atoms with Crippen LogP contribution in [-0.4, -0.2) is 29.6 Å². The van der Waals surface area contributed by atoms with Crippen LogP contribution in [0.3, 0.4) is 0 Å². The van der Waals surface area contributed by atoms with Gasteiger partial charge in [0.05, 0.1) is 5.02 Å². The van der Waals surface area contributed by atoms with Gasteiger partial charge in [-0.25, -0.2) is 4.39 Å². The average Bonchev–Trinajstić information content (AvgIpc) is 2.39. The van der Waals surface area contributed by atoms with Gasteiger partial charge in [-0.15, -0.1) is 0 Å². The Bertz CT molecular complexity index is 452. The summed E-state index contributed by atoms with van der Waals surface area (Å²) in [6.45, 7) is 9.05. The summed E-state index contributed by atoms with van der Waals surface area (Å²) in [5.41, 5.74) is 0.752. The molecule has 1 aliphatic rings. The molecule has 106 valence electrons. The highest BCUT2D eigenvalue weighted by molar-refractivity contribution is 6.30. The molecule has 2 atom stereocenters. The third-order valence-corrected chi connectivity index (χ3v) is 4.54. The minimum Gasteiger partial charge on any atom is -0.311 e. The second-order valence-corrected chi connectivity index (χ2v) is 6.13. The van der Waals surface area contributed by atoms with E-state index in [9.17, 15) is 4.39 Å². The van der Waals surface area contributed by atoms with Crippen LogP contribution in [-0.2, 0) is 6.54 Å². The van der Waals surface area contributed by atoms with Gasteiger partial charge in [-0.05, 0) is 26.3 Å². The Kier molecular flexibility index (Phi) is 4.49. The fourth-order valence-electron chi connectivity index (χ4n) is 2.60. The first-order valence-electron chi connectivity index (χ1n) is 6.87. The predicted molar refractivity (Wildman–Crippen MR) is 78.0 cm³/mol. The molecule has 1 N–H and O–H groups in total. The van der Waals surface area contributed by atoms with E-state index in [2.05, 4.69) is 31.0 Å². The molecule has 1 aromatic carbocycles. The van der Waals surface area contributed by atoms with Crippen LogP contribution in [0.4, 0.5) is 4.39 Å². The van der Waals surface area contributed by atoms with Gasteiger partial charge < -0.3 is 5.32 Å². The molecule has 2 rings (SSSR count). The molecule has 1 saturated heterocycles. The van der Waals surface area contributed by atoms with Crippen LogP contribution in [0.5, 0.6) is 0 Å². The highest BCUT2D eigenvalue weighted by Gasteiger charge is 2.35. The summed E-state index contributed by atoms with van der Waals surface area (Å²) < 4.78 is 14.0. The summed E-state index contributed by atoms with van der Waals surface area (Å²) in [5.74, 6) is -0.284. The molecule has 0 radical (unpaired) electrons. The molecule has 0 spiro atoms. The third kappa shape index (κ3) is 3.10. The minimum absolute atomic E-state index is 0.0707. The molecular weight excluding hydrogens is 263 g/mol. The van der Waals surface area contributed by atoms with E-state index in [1.165, 1.54) is 0 Å². The first-order valence-corrected chi connectivity index (χ1v) is 7.25. The highest BCUT2D eigenvalue weighted by atomic mass is 35.5. The topological polar surface area (TPSA) is 15.3 Å². The van der Waals surface area contributed by atoms with Crippen molar-refractivity contribution in [3.63, 3.8) is 0 Å². The molecule has 4 heteroatoms. The summed E-state index contributed by atoms with van der Waals surface area (Å²) in [6.07, 6.45) is 1.04. The second-order valence-electron chi connectivity index (χ2n) is 5.73. The van der Waals surface area contributed by atoms with E-state index in [1.54, 1.807) is 6.07 Å². The molecule has 0 bridgehead atoms. The monoisotopic (exact) mass is 284 g/mol. The molecule has 1 heterocycles. The second kappa shape index (κ2) is 5.78. The Morgan fingerprint density at radius 1 is 1.53 bits per heavy atom. The summed E-state index contributed by atoms with van der Waals surface area (Å²) >= 11 is 5.86. The van der Waals surface area contributed by atoms with Gasteiger partial charge in [0.25, 0.3) is 0 Å². The Balaban J connectivity index is 2.21. The number of piperazine rings is 1. The number of benzene rings is 1. The van der Waals surface area contributed by atoms with Crippen molar-refractivity contribution in [2.24, 2.45) is 0 Å². The van der Waals surface area contributed by atoms with Crippen LogP contribution in [0.25, 0.3) is 0 Å². The number of halogens is 2. The van der Waals surface area contributed by atoms with Gasteiger partial charge in [0.15, 0.2) is 0 Å². The molecule has 2 nitrogen and oxygen atoms in total. The van der Waals surface area contributed by atoms with Gasteiger partial charge in [0.2, 0.25) is 0 Å². The molecule has 1 fully saturated rings. The molecular formula is C15H22ClFN2. The lowest BCUT2D eigenvalue weighted by atomic mass is 9.91. The zero-order valence-electron chi connectivity index (χ0n) is 11.8. The fourth-order valence-corrected chi connectivity index (χ4v) is 2.80. The Morgan fingerprint density at radius 2 is 2.26 bits per heavy atom. The number of hydrogen-bond acceptors (Lipinski definition) is 2. The van der Waals surface area contributed by atoms with Crippen LogP contribution in [0.15, 0.2) is 18.2 Å². The number of rotatable bonds is 3. The van der Waals surface area contributed by atoms with Crippen molar-refractivity contribution in [1.82, 2.24) is 10.2 Å². The van der Waals surface area contributed by atoms with Crippen LogP contribution in [0.2, 0.25) is 5.02 Å². The van der Waals surface area contributed by atoms with Gasteiger partial charge in [-0.3, -0.25) is 4.90 Å². The lowest BCUT2D eigenvalue weighted by Crippen LogP contribution is -2.61. The molecule has 2 unspecified atom stereocenters. The largest absolute Gasteiger partial charge is 0.311 e. The van der Waals surface area contributed by atoms with Crippen molar-refractivity contribution in [3.8, 4) is 0 Å². The van der Waals surface area contributed by atoms with Gasteiger partial charge in [0.1, 0.15) is 5.82 Å². The lowest BCUT2D eigenvalue weighted by molar-refractivity contribution is 0.0444. The zero-order valence-corrected chi connectivity index (χ0v) is 12.6. The van der Waals surface area contributed by atoms with Gasteiger partial charge in [-0.1, -0.05) is 30.7 Å². The maximum Gasteiger partial charge on any atom is 0.146 e. The zero-order chi connectivity index (χ0) is 14.0. The lowest BCUT2D eigenvalue weighted by Gasteiger charge is -2.47. The average molecular weight is 285 g/mol. The Labute approximate surface area is 119 Å². The Morgan fingerprint density at radius 3 is 2.95 bits per heavy atom. The van der Waals surface area contributed by atoms with Crippen LogP contribution in [0.1, 0.15) is 32.8 Å². The van der Waals surface area contributed by atoms with Crippen molar-refractivity contribution in [2.75, 3.05) is 13.1 Å². The normalized spacial score (nSPS) is 28.6. The molecule has 0 aliphatic carbocycles. The van der Waals surface area contributed by atoms with E-state index in [0.717, 1.165) is 19.5 Å². The van der Waals surface area contributed by atoms with Gasteiger partial charge in [0, 0.05) is 36.8 Å². The molecule has 1 aromatic rings. The van der Waals surface area contributed by atoms with Crippen LogP contribution in [0, 0.1) is 5.82 Å². The van der Waals surface area contributed by atoms with Crippen molar-refractivity contribution < 1.29 is 4.39 Å². The summed E-state index contributed by atoms with van der Waals surface area (Å²) in [6, 6.07) is 5.67. The van der Waals surface area contributed by atoms with E-state index in [1.807, 2.05) is 12.1 Å². The van der Waals surface area contributed by atoms with E-state index < -0.39 is 0 Å². The fraction of sp³-hybridized carbons (Fsp3) is 0.600. The maximum atomic E-state index is 14.0. The maximum absolute atomic E-state index is 14.0. The number of hydrogen-bond donors (Lipinski definition) is 1. The highest BCUT2D eigenvalue weighted by Crippen LogP contribution is 2.27. The molecule has 0 saturated carbocycles. The quantitative estimate of drug-likeness (QED) is 0.915. The first-order chi connectivity index (χ1) is 8.96. The van der Waals surface area contributed by atoms with E-state index >= 15 is 0 Å². The molecule has 19 heavy (non-hydrogen) atoms. The van der Waals surface area contributed by atoms with Crippen LogP contribution < -0.4 is 5.32 Å². The van der Waals surface area contributed by atoms with Crippen molar-refractivity contribution in [2.45, 2.75) is 45.3 Å². The van der Waals surface area contributed by atoms with Crippen molar-refractivity contribution in [1.29, 1.82) is 0 Å². The molecule has 0 aromatic heterocycles. The minimum atomic E-state index is -0.284. The summed E-state index contributed by atoms with van der Waals surface area (Å²) in [5, 5.41) is 3.71. The summed E-state index contributed by atoms with van der Waals surface area (Å²) in [4.78, 5) is 2.36. The Hall–Kier alpha value is -0.640. The van der Waals surface area contributed by atoms with E-state index in [-0.39, 0.29) is 16.4 Å². The van der Waals surface area contributed by atoms with E-state index in [4.69, 9.17) is 11.6 Å². The van der Waals surface area contributed by atoms with Crippen molar-refractivity contribution >= 4 is 11.6 Å². The van der Waals surface area contributed by atoms with Gasteiger partial charge in [-0.2, -0.15) is 0 Å². The number of nitrogens with zero attached hydrogens (tertiary/aromatic N) is 1. The third-order valence-electron chi connectivity index (χ3n) is 4.24. The number of nitrogens with one attached hydrogen (secondary N) is 1.